The molecule has 1 unspecified atom stereocenters. The van der Waals surface area contributed by atoms with Gasteiger partial charge in [-0.3, -0.25) is 4.68 Å². The van der Waals surface area contributed by atoms with Crippen molar-refractivity contribution in [3.05, 3.63) is 52.5 Å². The highest BCUT2D eigenvalue weighted by molar-refractivity contribution is 7.13. The number of rotatable bonds is 5. The fourth-order valence-electron chi connectivity index (χ4n) is 3.66. The van der Waals surface area contributed by atoms with E-state index in [0.717, 1.165) is 5.56 Å². The van der Waals surface area contributed by atoms with E-state index in [1.54, 1.807) is 35.4 Å². The van der Waals surface area contributed by atoms with E-state index in [-0.39, 0.29) is 12.4 Å². The Balaban J connectivity index is 1.53. The second-order valence-corrected chi connectivity index (χ2v) is 8.61. The Hall–Kier alpha value is -2.40. The molecule has 0 saturated carbocycles. The molecule has 0 aliphatic carbocycles. The van der Waals surface area contributed by atoms with Gasteiger partial charge in [0.1, 0.15) is 28.8 Å². The minimum atomic E-state index is -1.21. The zero-order valence-corrected chi connectivity index (χ0v) is 18.1. The van der Waals surface area contributed by atoms with Crippen molar-refractivity contribution in [2.75, 3.05) is 11.9 Å². The number of ether oxygens (including phenoxy) is 1. The molecule has 1 aliphatic heterocycles. The maximum absolute atomic E-state index is 14.2. The number of aromatic nitrogens is 3. The number of aliphatic hydroxyl groups excluding tert-OH is 1. The highest BCUT2D eigenvalue weighted by atomic mass is 32.1. The van der Waals surface area contributed by atoms with Crippen LogP contribution in [0.1, 0.15) is 42.1 Å². The van der Waals surface area contributed by atoms with Crippen molar-refractivity contribution in [1.82, 2.24) is 14.8 Å². The topological polar surface area (TPSA) is 98.2 Å². The number of hydrogen-bond acceptors (Lipinski definition) is 7. The molecule has 2 aromatic heterocycles. The molecule has 7 nitrogen and oxygen atoms in total. The van der Waals surface area contributed by atoms with Crippen LogP contribution in [0, 0.1) is 12.7 Å². The monoisotopic (exact) mass is 449 g/mol. The molecule has 3 aromatic rings. The Morgan fingerprint density at radius 3 is 3.00 bits per heavy atom. The molecule has 0 amide bonds. The maximum atomic E-state index is 14.2. The Labute approximate surface area is 182 Å². The molecule has 0 spiro atoms. The van der Waals surface area contributed by atoms with Crippen molar-refractivity contribution in [3.63, 3.8) is 0 Å². The minimum Gasteiger partial charge on any atom is -0.369 e. The Morgan fingerprint density at radius 2 is 2.19 bits per heavy atom. The first-order valence-corrected chi connectivity index (χ1v) is 10.9. The summed E-state index contributed by atoms with van der Waals surface area (Å²) in [6.07, 6.45) is -0.150. The number of alkyl halides is 1. The lowest BCUT2D eigenvalue weighted by Crippen LogP contribution is -2.32. The third-order valence-electron chi connectivity index (χ3n) is 5.42. The van der Waals surface area contributed by atoms with Crippen molar-refractivity contribution in [3.8, 4) is 10.6 Å². The molecule has 0 bridgehead atoms. The first-order chi connectivity index (χ1) is 14.8. The smallest absolute Gasteiger partial charge is 0.169 e. The zero-order valence-electron chi connectivity index (χ0n) is 17.3. The predicted molar refractivity (Wildman–Crippen MR) is 115 cm³/mol. The van der Waals surface area contributed by atoms with E-state index in [9.17, 15) is 13.9 Å². The van der Waals surface area contributed by atoms with Gasteiger partial charge in [0.15, 0.2) is 6.23 Å². The summed E-state index contributed by atoms with van der Waals surface area (Å²) >= 11 is 1.25. The molecule has 4 N–H and O–H groups in total. The maximum Gasteiger partial charge on any atom is 0.169 e. The van der Waals surface area contributed by atoms with E-state index < -0.39 is 24.5 Å². The minimum absolute atomic E-state index is 0.0868. The van der Waals surface area contributed by atoms with Crippen molar-refractivity contribution in [2.24, 2.45) is 12.8 Å². The van der Waals surface area contributed by atoms with Gasteiger partial charge in [-0.2, -0.15) is 5.10 Å². The van der Waals surface area contributed by atoms with Crippen LogP contribution in [-0.2, 0) is 11.8 Å². The number of benzene rings is 1. The highest BCUT2D eigenvalue weighted by Crippen LogP contribution is 2.34. The van der Waals surface area contributed by atoms with Gasteiger partial charge < -0.3 is 20.9 Å². The van der Waals surface area contributed by atoms with Crippen molar-refractivity contribution >= 4 is 17.0 Å². The average Bonchev–Trinajstić information content (AvgIpc) is 3.33. The van der Waals surface area contributed by atoms with Crippen LogP contribution in [0.2, 0.25) is 0 Å². The normalized spacial score (nSPS) is 22.8. The van der Waals surface area contributed by atoms with Gasteiger partial charge in [-0.05, 0) is 31.9 Å². The van der Waals surface area contributed by atoms with Crippen molar-refractivity contribution in [2.45, 2.75) is 44.3 Å². The van der Waals surface area contributed by atoms with Crippen molar-refractivity contribution in [1.29, 1.82) is 0 Å². The summed E-state index contributed by atoms with van der Waals surface area (Å²) in [7, 11) is 1.76. The summed E-state index contributed by atoms with van der Waals surface area (Å²) in [4.78, 5) is 4.40. The van der Waals surface area contributed by atoms with Crippen LogP contribution < -0.4 is 11.1 Å². The Morgan fingerprint density at radius 1 is 1.39 bits per heavy atom. The number of nitrogens with two attached hydrogens (primary N) is 1. The molecule has 1 aromatic carbocycles. The fourth-order valence-corrected chi connectivity index (χ4v) is 4.51. The summed E-state index contributed by atoms with van der Waals surface area (Å²) in [6.45, 7) is 1.79. The lowest BCUT2D eigenvalue weighted by Gasteiger charge is -2.19. The van der Waals surface area contributed by atoms with Gasteiger partial charge in [-0.25, -0.2) is 13.8 Å². The molecule has 4 rings (SSSR count). The second kappa shape index (κ2) is 8.99. The summed E-state index contributed by atoms with van der Waals surface area (Å²) in [5.74, 6) is -0.363. The molecule has 166 valence electrons. The standard InChI is InChI=1S/C21H25F2N5O2S/c1-11-3-4-13(22)12(7-11)21-27-17(10-31-21)20(29)26-16-8-25-28(2)19(16)18-6-5-15(24)14(23)9-30-18/h3-4,7-8,10,14-15,18,20,26,29H,5-6,9,24H2,1-2H3/t14-,15-,18+,20?/m1/s1. The number of halogens is 2. The van der Waals surface area contributed by atoms with Crippen LogP contribution in [0.4, 0.5) is 14.5 Å². The predicted octanol–water partition coefficient (Wildman–Crippen LogP) is 3.61. The SMILES string of the molecule is Cc1ccc(F)c(-c2nc(C(O)Nc3cnn(C)c3[C@@H]3CC[C@@H](N)[C@H](F)CO3)cs2)c1. The van der Waals surface area contributed by atoms with Gasteiger partial charge >= 0.3 is 0 Å². The van der Waals surface area contributed by atoms with Gasteiger partial charge in [0.25, 0.3) is 0 Å². The lowest BCUT2D eigenvalue weighted by atomic mass is 10.0. The fraction of sp³-hybridized carbons (Fsp3) is 0.429. The van der Waals surface area contributed by atoms with E-state index in [4.69, 9.17) is 10.5 Å². The number of aryl methyl sites for hydroxylation is 2. The van der Waals surface area contributed by atoms with Crippen LogP contribution in [-0.4, -0.2) is 38.7 Å². The van der Waals surface area contributed by atoms with E-state index in [1.807, 2.05) is 6.92 Å². The van der Waals surface area contributed by atoms with Crippen molar-refractivity contribution < 1.29 is 18.6 Å². The van der Waals surface area contributed by atoms with E-state index in [2.05, 4.69) is 15.4 Å². The van der Waals surface area contributed by atoms with Crippen LogP contribution >= 0.6 is 11.3 Å². The first kappa shape index (κ1) is 21.8. The van der Waals surface area contributed by atoms with Gasteiger partial charge in [0, 0.05) is 24.0 Å². The highest BCUT2D eigenvalue weighted by Gasteiger charge is 2.30. The zero-order chi connectivity index (χ0) is 22.1. The molecule has 10 heteroatoms. The second-order valence-electron chi connectivity index (χ2n) is 7.75. The van der Waals surface area contributed by atoms with Gasteiger partial charge in [-0.15, -0.1) is 11.3 Å². The quantitative estimate of drug-likeness (QED) is 0.515. The summed E-state index contributed by atoms with van der Waals surface area (Å²) in [5.41, 5.74) is 8.77. The van der Waals surface area contributed by atoms with Crippen LogP contribution in [0.3, 0.4) is 0 Å². The number of nitrogens with one attached hydrogen (secondary N) is 1. The third kappa shape index (κ3) is 4.62. The summed E-state index contributed by atoms with van der Waals surface area (Å²) < 4.78 is 35.5. The van der Waals surface area contributed by atoms with Crippen LogP contribution in [0.25, 0.3) is 10.6 Å². The Bertz CT molecular complexity index is 1040. The molecule has 31 heavy (non-hydrogen) atoms. The Kier molecular flexibility index (Phi) is 6.33. The molecular weight excluding hydrogens is 424 g/mol. The number of aliphatic hydroxyl groups is 1. The molecule has 1 aliphatic rings. The molecular formula is C21H25F2N5O2S. The first-order valence-electron chi connectivity index (χ1n) is 10.0. The van der Waals surface area contributed by atoms with Crippen LogP contribution in [0.5, 0.6) is 0 Å². The van der Waals surface area contributed by atoms with Crippen LogP contribution in [0.15, 0.2) is 29.8 Å². The van der Waals surface area contributed by atoms with E-state index in [0.29, 0.717) is 40.5 Å². The molecule has 3 heterocycles. The number of thiazole rings is 1. The van der Waals surface area contributed by atoms with Gasteiger partial charge in [-0.1, -0.05) is 11.6 Å². The largest absolute Gasteiger partial charge is 0.369 e. The average molecular weight is 450 g/mol. The lowest BCUT2D eigenvalue weighted by molar-refractivity contribution is 0.0246. The number of nitrogens with zero attached hydrogens (tertiary/aromatic N) is 3. The van der Waals surface area contributed by atoms with Gasteiger partial charge in [0.2, 0.25) is 0 Å². The van der Waals surface area contributed by atoms with Gasteiger partial charge in [0.05, 0.1) is 24.2 Å². The summed E-state index contributed by atoms with van der Waals surface area (Å²) in [6, 6.07) is 4.27. The molecule has 1 fully saturated rings. The van der Waals surface area contributed by atoms with E-state index in [1.165, 1.54) is 17.4 Å². The molecule has 4 atom stereocenters. The molecule has 0 radical (unpaired) electrons. The third-order valence-corrected chi connectivity index (χ3v) is 6.31. The van der Waals surface area contributed by atoms with E-state index >= 15 is 0 Å². The number of hydrogen-bond donors (Lipinski definition) is 3. The summed E-state index contributed by atoms with van der Waals surface area (Å²) in [5, 5.41) is 20.1. The molecule has 1 saturated heterocycles. The number of anilines is 1.